The Morgan fingerprint density at radius 1 is 1.30 bits per heavy atom. The largest absolute Gasteiger partial charge is 0.493 e. The van der Waals surface area contributed by atoms with E-state index in [0.29, 0.717) is 40.9 Å². The van der Waals surface area contributed by atoms with E-state index in [-0.39, 0.29) is 12.5 Å². The lowest BCUT2D eigenvalue weighted by molar-refractivity contribution is -0.150. The van der Waals surface area contributed by atoms with Crippen LogP contribution in [-0.4, -0.2) is 49.2 Å². The van der Waals surface area contributed by atoms with Crippen molar-refractivity contribution in [2.45, 2.75) is 19.8 Å². The first-order valence-electron chi connectivity index (χ1n) is 7.26. The van der Waals surface area contributed by atoms with E-state index in [1.165, 1.54) is 14.2 Å². The highest BCUT2D eigenvalue weighted by molar-refractivity contribution is 9.10. The van der Waals surface area contributed by atoms with Gasteiger partial charge in [-0.05, 0) is 47.8 Å². The molecule has 7 heteroatoms. The Bertz CT molecular complexity index is 633. The maximum absolute atomic E-state index is 12.7. The zero-order valence-electron chi connectivity index (χ0n) is 13.4. The molecule has 1 saturated heterocycles. The van der Waals surface area contributed by atoms with Crippen molar-refractivity contribution in [2.75, 3.05) is 27.3 Å². The molecule has 1 aromatic carbocycles. The van der Waals surface area contributed by atoms with Crippen LogP contribution in [0, 0.1) is 5.41 Å². The highest BCUT2D eigenvalue weighted by Crippen LogP contribution is 2.37. The number of methoxy groups -OCH3 is 2. The normalized spacial score (nSPS) is 21.0. The maximum Gasteiger partial charge on any atom is 0.311 e. The van der Waals surface area contributed by atoms with E-state index in [9.17, 15) is 14.7 Å². The van der Waals surface area contributed by atoms with Crippen molar-refractivity contribution in [2.24, 2.45) is 5.41 Å². The summed E-state index contributed by atoms with van der Waals surface area (Å²) in [4.78, 5) is 25.8. The molecule has 0 aliphatic carbocycles. The lowest BCUT2D eigenvalue weighted by atomic mass is 9.82. The molecule has 0 radical (unpaired) electrons. The number of amides is 1. The van der Waals surface area contributed by atoms with Gasteiger partial charge in [-0.25, -0.2) is 0 Å². The van der Waals surface area contributed by atoms with E-state index in [2.05, 4.69) is 15.9 Å². The molecule has 1 aromatic rings. The third-order valence-electron chi connectivity index (χ3n) is 4.18. The third kappa shape index (κ3) is 3.44. The van der Waals surface area contributed by atoms with Crippen molar-refractivity contribution < 1.29 is 24.2 Å². The molecule has 0 spiro atoms. The fraction of sp³-hybridized carbons (Fsp3) is 0.500. The van der Waals surface area contributed by atoms with Crippen LogP contribution in [0.3, 0.4) is 0 Å². The van der Waals surface area contributed by atoms with Gasteiger partial charge in [0.05, 0.1) is 24.1 Å². The molecule has 1 heterocycles. The van der Waals surface area contributed by atoms with Gasteiger partial charge >= 0.3 is 5.97 Å². The first kappa shape index (κ1) is 17.6. The van der Waals surface area contributed by atoms with Gasteiger partial charge in [-0.2, -0.15) is 0 Å². The topological polar surface area (TPSA) is 76.1 Å². The van der Waals surface area contributed by atoms with Gasteiger partial charge in [0.15, 0.2) is 11.5 Å². The van der Waals surface area contributed by atoms with E-state index in [1.54, 1.807) is 24.0 Å². The number of aliphatic carboxylic acids is 1. The molecule has 0 aromatic heterocycles. The molecule has 1 aliphatic rings. The van der Waals surface area contributed by atoms with Crippen molar-refractivity contribution >= 4 is 27.8 Å². The van der Waals surface area contributed by atoms with E-state index < -0.39 is 11.4 Å². The molecular formula is C16H20BrNO5. The SMILES string of the molecule is COc1cc(C(=O)N2CCCC(C)(C(=O)O)C2)cc(Br)c1OC. The standard InChI is InChI=1S/C16H20BrNO5/c1-16(15(20)21)5-4-6-18(9-16)14(19)10-7-11(17)13(23-3)12(8-10)22-2/h7-8H,4-6,9H2,1-3H3,(H,20,21). The fourth-order valence-electron chi connectivity index (χ4n) is 2.81. The Morgan fingerprint density at radius 2 is 2.00 bits per heavy atom. The zero-order valence-corrected chi connectivity index (χ0v) is 15.0. The highest BCUT2D eigenvalue weighted by atomic mass is 79.9. The Kier molecular flexibility index (Phi) is 5.19. The van der Waals surface area contributed by atoms with Crippen molar-refractivity contribution in [1.29, 1.82) is 0 Å². The summed E-state index contributed by atoms with van der Waals surface area (Å²) < 4.78 is 11.1. The van der Waals surface area contributed by atoms with Crippen LogP contribution in [0.4, 0.5) is 0 Å². The van der Waals surface area contributed by atoms with E-state index in [0.717, 1.165) is 0 Å². The average Bonchev–Trinajstić information content (AvgIpc) is 2.53. The van der Waals surface area contributed by atoms with Crippen LogP contribution in [-0.2, 0) is 4.79 Å². The second kappa shape index (κ2) is 6.78. The van der Waals surface area contributed by atoms with Crippen molar-refractivity contribution in [3.63, 3.8) is 0 Å². The molecule has 1 amide bonds. The summed E-state index contributed by atoms with van der Waals surface area (Å²) in [5.41, 5.74) is -0.467. The summed E-state index contributed by atoms with van der Waals surface area (Å²) in [5, 5.41) is 9.38. The minimum Gasteiger partial charge on any atom is -0.493 e. The third-order valence-corrected chi connectivity index (χ3v) is 4.77. The second-order valence-corrected chi connectivity index (χ2v) is 6.74. The molecular weight excluding hydrogens is 366 g/mol. The molecule has 0 bridgehead atoms. The van der Waals surface area contributed by atoms with Gasteiger partial charge in [-0.15, -0.1) is 0 Å². The molecule has 1 fully saturated rings. The van der Waals surface area contributed by atoms with Crippen LogP contribution in [0.5, 0.6) is 11.5 Å². The van der Waals surface area contributed by atoms with Crippen LogP contribution in [0.25, 0.3) is 0 Å². The highest BCUT2D eigenvalue weighted by Gasteiger charge is 2.39. The number of benzene rings is 1. The van der Waals surface area contributed by atoms with Crippen molar-refractivity contribution in [3.05, 3.63) is 22.2 Å². The number of hydrogen-bond acceptors (Lipinski definition) is 4. The van der Waals surface area contributed by atoms with Gasteiger partial charge in [0, 0.05) is 18.7 Å². The predicted octanol–water partition coefficient (Wildman–Crippen LogP) is 2.79. The summed E-state index contributed by atoms with van der Waals surface area (Å²) in [6, 6.07) is 3.27. The molecule has 2 rings (SSSR count). The van der Waals surface area contributed by atoms with Gasteiger partial charge in [-0.3, -0.25) is 9.59 Å². The van der Waals surface area contributed by atoms with Crippen LogP contribution in [0.15, 0.2) is 16.6 Å². The van der Waals surface area contributed by atoms with Crippen molar-refractivity contribution in [3.8, 4) is 11.5 Å². The van der Waals surface area contributed by atoms with Gasteiger partial charge in [0.1, 0.15) is 0 Å². The van der Waals surface area contributed by atoms with Crippen molar-refractivity contribution in [1.82, 2.24) is 4.90 Å². The molecule has 23 heavy (non-hydrogen) atoms. The number of rotatable bonds is 4. The van der Waals surface area contributed by atoms with Crippen LogP contribution in [0.2, 0.25) is 0 Å². The number of ether oxygens (including phenoxy) is 2. The second-order valence-electron chi connectivity index (χ2n) is 5.89. The fourth-order valence-corrected chi connectivity index (χ4v) is 3.42. The number of halogens is 1. The Hall–Kier alpha value is -1.76. The monoisotopic (exact) mass is 385 g/mol. The quantitative estimate of drug-likeness (QED) is 0.861. The summed E-state index contributed by atoms with van der Waals surface area (Å²) in [6.45, 7) is 2.43. The molecule has 0 saturated carbocycles. The lowest BCUT2D eigenvalue weighted by Crippen LogP contribution is -2.48. The molecule has 1 N–H and O–H groups in total. The van der Waals surface area contributed by atoms with E-state index in [1.807, 2.05) is 0 Å². The molecule has 1 unspecified atom stereocenters. The first-order chi connectivity index (χ1) is 10.8. The number of carboxylic acid groups (broad SMARTS) is 1. The molecule has 6 nitrogen and oxygen atoms in total. The van der Waals surface area contributed by atoms with Crippen LogP contribution < -0.4 is 9.47 Å². The zero-order chi connectivity index (χ0) is 17.2. The number of carboxylic acids is 1. The average molecular weight is 386 g/mol. The van der Waals surface area contributed by atoms with Gasteiger partial charge in [-0.1, -0.05) is 0 Å². The van der Waals surface area contributed by atoms with E-state index in [4.69, 9.17) is 9.47 Å². The van der Waals surface area contributed by atoms with E-state index >= 15 is 0 Å². The number of piperidine rings is 1. The number of nitrogens with zero attached hydrogens (tertiary/aromatic N) is 1. The first-order valence-corrected chi connectivity index (χ1v) is 8.06. The van der Waals surface area contributed by atoms with Gasteiger partial charge < -0.3 is 19.5 Å². The number of hydrogen-bond donors (Lipinski definition) is 1. The molecule has 126 valence electrons. The Morgan fingerprint density at radius 3 is 2.57 bits per heavy atom. The Labute approximate surface area is 143 Å². The van der Waals surface area contributed by atoms with Crippen LogP contribution in [0.1, 0.15) is 30.1 Å². The predicted molar refractivity (Wildman–Crippen MR) is 88.1 cm³/mol. The summed E-state index contributed by atoms with van der Waals surface area (Å²) in [6.07, 6.45) is 1.24. The van der Waals surface area contributed by atoms with Gasteiger partial charge in [0.25, 0.3) is 5.91 Å². The number of likely N-dealkylation sites (tertiary alicyclic amines) is 1. The maximum atomic E-state index is 12.7. The smallest absolute Gasteiger partial charge is 0.311 e. The van der Waals surface area contributed by atoms with Crippen LogP contribution >= 0.6 is 15.9 Å². The molecule has 1 aliphatic heterocycles. The molecule has 1 atom stereocenters. The number of carbonyl (C=O) groups excluding carboxylic acids is 1. The Balaban J connectivity index is 2.30. The summed E-state index contributed by atoms with van der Waals surface area (Å²) >= 11 is 3.37. The number of carbonyl (C=O) groups is 2. The van der Waals surface area contributed by atoms with Gasteiger partial charge in [0.2, 0.25) is 0 Å². The minimum absolute atomic E-state index is 0.202. The lowest BCUT2D eigenvalue weighted by Gasteiger charge is -2.37. The minimum atomic E-state index is -0.901. The summed E-state index contributed by atoms with van der Waals surface area (Å²) in [7, 11) is 3.02. The summed E-state index contributed by atoms with van der Waals surface area (Å²) in [5.74, 6) is -0.122.